The molecule has 0 saturated carbocycles. The van der Waals surface area contributed by atoms with E-state index in [-0.39, 0.29) is 0 Å². The lowest BCUT2D eigenvalue weighted by Gasteiger charge is -2.19. The number of hydrogen-bond acceptors (Lipinski definition) is 3. The highest BCUT2D eigenvalue weighted by molar-refractivity contribution is 9.10. The molecule has 0 aliphatic rings. The van der Waals surface area contributed by atoms with Crippen molar-refractivity contribution in [3.05, 3.63) is 28.7 Å². The second kappa shape index (κ2) is 8.97. The van der Waals surface area contributed by atoms with Gasteiger partial charge in [-0.2, -0.15) is 0 Å². The van der Waals surface area contributed by atoms with E-state index in [4.69, 9.17) is 5.84 Å². The van der Waals surface area contributed by atoms with Crippen molar-refractivity contribution in [3.63, 3.8) is 0 Å². The van der Waals surface area contributed by atoms with E-state index in [1.165, 1.54) is 17.7 Å². The maximum absolute atomic E-state index is 5.64. The number of rotatable bonds is 8. The molecule has 2 atom stereocenters. The first-order valence-electron chi connectivity index (χ1n) is 6.50. The lowest BCUT2D eigenvalue weighted by atomic mass is 9.98. The van der Waals surface area contributed by atoms with E-state index in [1.807, 2.05) is 17.8 Å². The molecule has 2 unspecified atom stereocenters. The third kappa shape index (κ3) is 5.74. The lowest BCUT2D eigenvalue weighted by Crippen LogP contribution is -2.38. The van der Waals surface area contributed by atoms with Gasteiger partial charge in [0, 0.05) is 21.2 Å². The van der Waals surface area contributed by atoms with E-state index in [9.17, 15) is 0 Å². The van der Waals surface area contributed by atoms with Crippen LogP contribution in [0.3, 0.4) is 0 Å². The summed E-state index contributed by atoms with van der Waals surface area (Å²) in [6.07, 6.45) is 3.66. The Bertz CT molecular complexity index is 346. The fraction of sp³-hybridized carbons (Fsp3) is 0.571. The quantitative estimate of drug-likeness (QED) is 0.426. The molecule has 0 saturated heterocycles. The summed E-state index contributed by atoms with van der Waals surface area (Å²) in [5.74, 6) is 7.38. The Morgan fingerprint density at radius 1 is 1.39 bits per heavy atom. The molecule has 0 heterocycles. The van der Waals surface area contributed by atoms with E-state index in [2.05, 4.69) is 53.4 Å². The van der Waals surface area contributed by atoms with Crippen molar-refractivity contribution in [2.75, 3.05) is 5.75 Å². The minimum absolute atomic E-state index is 0.378. The zero-order chi connectivity index (χ0) is 13.4. The Hall–Kier alpha value is -0.0300. The minimum Gasteiger partial charge on any atom is -0.271 e. The van der Waals surface area contributed by atoms with Gasteiger partial charge >= 0.3 is 0 Å². The van der Waals surface area contributed by atoms with E-state index in [0.29, 0.717) is 6.04 Å². The summed E-state index contributed by atoms with van der Waals surface area (Å²) in [6.45, 7) is 4.54. The monoisotopic (exact) mass is 330 g/mol. The number of benzene rings is 1. The van der Waals surface area contributed by atoms with Gasteiger partial charge < -0.3 is 0 Å². The van der Waals surface area contributed by atoms with Gasteiger partial charge in [0.1, 0.15) is 0 Å². The van der Waals surface area contributed by atoms with Crippen LogP contribution < -0.4 is 11.3 Å². The van der Waals surface area contributed by atoms with Gasteiger partial charge in [-0.05, 0) is 40.4 Å². The molecule has 0 fully saturated rings. The van der Waals surface area contributed by atoms with Gasteiger partial charge in [0.2, 0.25) is 0 Å². The summed E-state index contributed by atoms with van der Waals surface area (Å²) < 4.78 is 1.16. The van der Waals surface area contributed by atoms with Crippen LogP contribution in [0.5, 0.6) is 0 Å². The van der Waals surface area contributed by atoms with Crippen LogP contribution in [0.15, 0.2) is 33.6 Å². The van der Waals surface area contributed by atoms with Gasteiger partial charge in [-0.1, -0.05) is 38.8 Å². The number of hydrogen-bond donors (Lipinski definition) is 2. The number of thioether (sulfide) groups is 1. The van der Waals surface area contributed by atoms with Crippen molar-refractivity contribution in [1.82, 2.24) is 5.43 Å². The molecule has 1 aromatic carbocycles. The molecule has 18 heavy (non-hydrogen) atoms. The van der Waals surface area contributed by atoms with E-state index < -0.39 is 0 Å². The van der Waals surface area contributed by atoms with E-state index in [0.717, 1.165) is 22.6 Å². The Labute approximate surface area is 123 Å². The Kier molecular flexibility index (Phi) is 7.98. The summed E-state index contributed by atoms with van der Waals surface area (Å²) >= 11 is 5.42. The molecule has 0 aliphatic carbocycles. The maximum atomic E-state index is 5.64. The Balaban J connectivity index is 2.42. The molecule has 2 nitrogen and oxygen atoms in total. The van der Waals surface area contributed by atoms with Crippen molar-refractivity contribution in [2.45, 2.75) is 44.0 Å². The topological polar surface area (TPSA) is 38.0 Å². The Morgan fingerprint density at radius 2 is 2.11 bits per heavy atom. The van der Waals surface area contributed by atoms with E-state index in [1.54, 1.807) is 0 Å². The zero-order valence-electron chi connectivity index (χ0n) is 11.2. The smallest absolute Gasteiger partial charge is 0.0311 e. The van der Waals surface area contributed by atoms with Crippen LogP contribution in [0.2, 0.25) is 0 Å². The normalized spacial score (nSPS) is 14.4. The summed E-state index contributed by atoms with van der Waals surface area (Å²) in [5.41, 5.74) is 2.94. The van der Waals surface area contributed by atoms with Crippen molar-refractivity contribution in [3.8, 4) is 0 Å². The largest absolute Gasteiger partial charge is 0.271 e. The molecule has 1 rings (SSSR count). The molecule has 3 N–H and O–H groups in total. The summed E-state index contributed by atoms with van der Waals surface area (Å²) in [5, 5.41) is 0. The molecule has 0 aliphatic heterocycles. The van der Waals surface area contributed by atoms with Crippen molar-refractivity contribution >= 4 is 27.7 Å². The molecule has 0 radical (unpaired) electrons. The molecule has 0 aromatic heterocycles. The van der Waals surface area contributed by atoms with Crippen LogP contribution in [0, 0.1) is 5.92 Å². The first-order chi connectivity index (χ1) is 8.67. The van der Waals surface area contributed by atoms with Gasteiger partial charge in [-0.25, -0.2) is 0 Å². The summed E-state index contributed by atoms with van der Waals surface area (Å²) in [4.78, 5) is 1.28. The number of hydrazine groups is 1. The average molecular weight is 331 g/mol. The fourth-order valence-electron chi connectivity index (χ4n) is 2.03. The van der Waals surface area contributed by atoms with Gasteiger partial charge in [-0.15, -0.1) is 11.8 Å². The molecule has 4 heteroatoms. The SMILES string of the molecule is CCCC(C)CC(CSc1ccccc1Br)NN. The van der Waals surface area contributed by atoms with Crippen LogP contribution in [0.25, 0.3) is 0 Å². The Morgan fingerprint density at radius 3 is 2.72 bits per heavy atom. The second-order valence-electron chi connectivity index (χ2n) is 4.73. The standard InChI is InChI=1S/C14H23BrN2S/c1-3-6-11(2)9-12(17-16)10-18-14-8-5-4-7-13(14)15/h4-5,7-8,11-12,17H,3,6,9-10,16H2,1-2H3. The predicted octanol–water partition coefficient (Wildman–Crippen LogP) is 4.20. The summed E-state index contributed by atoms with van der Waals surface area (Å²) in [6, 6.07) is 8.70. The fourth-order valence-corrected chi connectivity index (χ4v) is 3.65. The molecule has 102 valence electrons. The van der Waals surface area contributed by atoms with Crippen LogP contribution in [-0.4, -0.2) is 11.8 Å². The molecule has 0 amide bonds. The molecule has 0 spiro atoms. The van der Waals surface area contributed by atoms with Crippen LogP contribution >= 0.6 is 27.7 Å². The molecular formula is C14H23BrN2S. The zero-order valence-corrected chi connectivity index (χ0v) is 13.6. The van der Waals surface area contributed by atoms with Crippen molar-refractivity contribution in [1.29, 1.82) is 0 Å². The van der Waals surface area contributed by atoms with Crippen molar-refractivity contribution in [2.24, 2.45) is 11.8 Å². The first kappa shape index (κ1) is 16.0. The van der Waals surface area contributed by atoms with Gasteiger partial charge in [0.15, 0.2) is 0 Å². The van der Waals surface area contributed by atoms with Gasteiger partial charge in [-0.3, -0.25) is 11.3 Å². The molecule has 0 bridgehead atoms. The minimum atomic E-state index is 0.378. The molecular weight excluding hydrogens is 308 g/mol. The highest BCUT2D eigenvalue weighted by Crippen LogP contribution is 2.28. The maximum Gasteiger partial charge on any atom is 0.0311 e. The van der Waals surface area contributed by atoms with Crippen LogP contribution in [0.1, 0.15) is 33.1 Å². The predicted molar refractivity (Wildman–Crippen MR) is 84.7 cm³/mol. The summed E-state index contributed by atoms with van der Waals surface area (Å²) in [7, 11) is 0. The third-order valence-electron chi connectivity index (χ3n) is 2.98. The van der Waals surface area contributed by atoms with Crippen LogP contribution in [0.4, 0.5) is 0 Å². The highest BCUT2D eigenvalue weighted by atomic mass is 79.9. The molecule has 1 aromatic rings. The highest BCUT2D eigenvalue weighted by Gasteiger charge is 2.12. The first-order valence-corrected chi connectivity index (χ1v) is 8.28. The second-order valence-corrected chi connectivity index (χ2v) is 6.65. The van der Waals surface area contributed by atoms with Crippen LogP contribution in [-0.2, 0) is 0 Å². The van der Waals surface area contributed by atoms with E-state index >= 15 is 0 Å². The average Bonchev–Trinajstić information content (AvgIpc) is 2.36. The third-order valence-corrected chi connectivity index (χ3v) is 5.17. The number of nitrogens with two attached hydrogens (primary N) is 1. The number of nitrogens with one attached hydrogen (secondary N) is 1. The van der Waals surface area contributed by atoms with Gasteiger partial charge in [0.25, 0.3) is 0 Å². The van der Waals surface area contributed by atoms with Gasteiger partial charge in [0.05, 0.1) is 0 Å². The lowest BCUT2D eigenvalue weighted by molar-refractivity contribution is 0.408. The van der Waals surface area contributed by atoms with Crippen molar-refractivity contribution < 1.29 is 0 Å². The number of halogens is 1.